The van der Waals surface area contributed by atoms with Crippen LogP contribution in [0.3, 0.4) is 0 Å². The number of hydrogen-bond acceptors (Lipinski definition) is 4. The Balaban J connectivity index is 2.27. The quantitative estimate of drug-likeness (QED) is 0.838. The van der Waals surface area contributed by atoms with Crippen LogP contribution in [0.4, 0.5) is 0 Å². The number of rotatable bonds is 4. The van der Waals surface area contributed by atoms with Gasteiger partial charge in [-0.05, 0) is 48.8 Å². The summed E-state index contributed by atoms with van der Waals surface area (Å²) in [6.45, 7) is 10.6. The number of benzene rings is 1. The van der Waals surface area contributed by atoms with Gasteiger partial charge in [-0.1, -0.05) is 32.9 Å². The molecule has 26 heavy (non-hydrogen) atoms. The molecule has 0 spiro atoms. The van der Waals surface area contributed by atoms with E-state index in [0.29, 0.717) is 30.8 Å². The molecule has 2 rings (SSSR count). The Morgan fingerprint density at radius 2 is 1.46 bits per heavy atom. The third-order valence-electron chi connectivity index (χ3n) is 4.76. The Kier molecular flexibility index (Phi) is 5.93. The van der Waals surface area contributed by atoms with Gasteiger partial charge in [0.15, 0.2) is 0 Å². The fourth-order valence-electron chi connectivity index (χ4n) is 3.44. The van der Waals surface area contributed by atoms with Gasteiger partial charge in [0.05, 0.1) is 11.2 Å². The highest BCUT2D eigenvalue weighted by Gasteiger charge is 2.32. The van der Waals surface area contributed by atoms with E-state index in [1.807, 2.05) is 26.0 Å². The minimum absolute atomic E-state index is 0.0481. The Hall–Kier alpha value is -0.960. The summed E-state index contributed by atoms with van der Waals surface area (Å²) in [5.41, 5.74) is 2.58. The normalized spacial score (nSPS) is 18.2. The first-order valence-electron chi connectivity index (χ1n) is 8.81. The second-order valence-corrected chi connectivity index (χ2v) is 11.9. The van der Waals surface area contributed by atoms with Crippen LogP contribution in [-0.4, -0.2) is 46.5 Å². The fraction of sp³-hybridized carbons (Fsp3) is 0.667. The van der Waals surface area contributed by atoms with Crippen molar-refractivity contribution in [1.29, 1.82) is 0 Å². The van der Waals surface area contributed by atoms with E-state index in [1.54, 1.807) is 0 Å². The predicted molar refractivity (Wildman–Crippen MR) is 104 cm³/mol. The SMILES string of the molecule is Cc1cc(C(C)(C)C)cc(C)c1S(=O)(=O)N1CCC(NS(C)(=O)=O)CC1. The molecule has 0 bridgehead atoms. The first-order chi connectivity index (χ1) is 11.7. The maximum Gasteiger partial charge on any atom is 0.243 e. The molecule has 1 aliphatic heterocycles. The third kappa shape index (κ3) is 4.85. The molecule has 1 aliphatic rings. The van der Waals surface area contributed by atoms with Gasteiger partial charge in [0.2, 0.25) is 20.0 Å². The molecule has 0 aliphatic carbocycles. The Bertz CT molecular complexity index is 853. The molecule has 0 saturated carbocycles. The fourth-order valence-corrected chi connectivity index (χ4v) is 6.16. The van der Waals surface area contributed by atoms with Gasteiger partial charge in [0, 0.05) is 19.1 Å². The van der Waals surface area contributed by atoms with Crippen molar-refractivity contribution in [1.82, 2.24) is 9.03 Å². The third-order valence-corrected chi connectivity index (χ3v) is 7.73. The molecule has 1 aromatic carbocycles. The number of nitrogens with zero attached hydrogens (tertiary/aromatic N) is 1. The highest BCUT2D eigenvalue weighted by Crippen LogP contribution is 2.31. The lowest BCUT2D eigenvalue weighted by atomic mass is 9.85. The first kappa shape index (κ1) is 21.3. The van der Waals surface area contributed by atoms with Gasteiger partial charge in [-0.25, -0.2) is 21.6 Å². The van der Waals surface area contributed by atoms with Crippen LogP contribution in [0.25, 0.3) is 0 Å². The number of nitrogens with one attached hydrogen (secondary N) is 1. The van der Waals surface area contributed by atoms with Crippen LogP contribution in [0.1, 0.15) is 50.3 Å². The average molecular weight is 403 g/mol. The first-order valence-corrected chi connectivity index (χ1v) is 12.1. The number of sulfonamides is 2. The highest BCUT2D eigenvalue weighted by atomic mass is 32.2. The minimum atomic E-state index is -3.60. The minimum Gasteiger partial charge on any atom is -0.213 e. The number of hydrogen-bond donors (Lipinski definition) is 1. The second-order valence-electron chi connectivity index (χ2n) is 8.26. The van der Waals surface area contributed by atoms with Crippen LogP contribution < -0.4 is 4.72 Å². The molecule has 8 heteroatoms. The summed E-state index contributed by atoms with van der Waals surface area (Å²) in [5, 5.41) is 0. The summed E-state index contributed by atoms with van der Waals surface area (Å²) in [4.78, 5) is 0.375. The van der Waals surface area contributed by atoms with Gasteiger partial charge in [0.25, 0.3) is 0 Å². The molecule has 148 valence electrons. The van der Waals surface area contributed by atoms with Gasteiger partial charge < -0.3 is 0 Å². The van der Waals surface area contributed by atoms with Crippen molar-refractivity contribution in [2.75, 3.05) is 19.3 Å². The Morgan fingerprint density at radius 3 is 1.85 bits per heavy atom. The highest BCUT2D eigenvalue weighted by molar-refractivity contribution is 7.89. The van der Waals surface area contributed by atoms with Crippen molar-refractivity contribution in [3.8, 4) is 0 Å². The summed E-state index contributed by atoms with van der Waals surface area (Å²) in [6.07, 6.45) is 2.08. The van der Waals surface area contributed by atoms with E-state index in [4.69, 9.17) is 0 Å². The molecule has 0 aromatic heterocycles. The predicted octanol–water partition coefficient (Wildman–Crippen LogP) is 2.30. The van der Waals surface area contributed by atoms with Crippen LogP contribution in [0.15, 0.2) is 17.0 Å². The van der Waals surface area contributed by atoms with Gasteiger partial charge in [-0.3, -0.25) is 0 Å². The maximum absolute atomic E-state index is 13.2. The smallest absolute Gasteiger partial charge is 0.213 e. The lowest BCUT2D eigenvalue weighted by Crippen LogP contribution is -2.46. The summed E-state index contributed by atoms with van der Waals surface area (Å²) in [5.74, 6) is 0. The van der Waals surface area contributed by atoms with Gasteiger partial charge in [-0.2, -0.15) is 4.31 Å². The van der Waals surface area contributed by atoms with Crippen molar-refractivity contribution >= 4 is 20.0 Å². The molecule has 1 N–H and O–H groups in total. The summed E-state index contributed by atoms with van der Waals surface area (Å²) in [6, 6.07) is 3.71. The summed E-state index contributed by atoms with van der Waals surface area (Å²) in [7, 11) is -6.88. The zero-order chi connectivity index (χ0) is 19.9. The average Bonchev–Trinajstić information content (AvgIpc) is 2.44. The van der Waals surface area contributed by atoms with E-state index in [0.717, 1.165) is 22.9 Å². The molecule has 1 fully saturated rings. The van der Waals surface area contributed by atoms with Gasteiger partial charge in [-0.15, -0.1) is 0 Å². The Labute approximate surface area is 158 Å². The van der Waals surface area contributed by atoms with Crippen LogP contribution in [0, 0.1) is 13.8 Å². The summed E-state index contributed by atoms with van der Waals surface area (Å²) < 4.78 is 53.1. The molecule has 1 heterocycles. The molecule has 0 radical (unpaired) electrons. The maximum atomic E-state index is 13.2. The molecule has 0 atom stereocenters. The van der Waals surface area contributed by atoms with E-state index in [1.165, 1.54) is 4.31 Å². The number of aryl methyl sites for hydroxylation is 2. The molecular weight excluding hydrogens is 372 g/mol. The topological polar surface area (TPSA) is 83.6 Å². The van der Waals surface area contributed by atoms with E-state index in [-0.39, 0.29) is 11.5 Å². The lowest BCUT2D eigenvalue weighted by Gasteiger charge is -2.32. The van der Waals surface area contributed by atoms with Crippen LogP contribution in [0.5, 0.6) is 0 Å². The number of piperidine rings is 1. The van der Waals surface area contributed by atoms with Gasteiger partial charge >= 0.3 is 0 Å². The van der Waals surface area contributed by atoms with Crippen LogP contribution in [-0.2, 0) is 25.5 Å². The lowest BCUT2D eigenvalue weighted by molar-refractivity contribution is 0.308. The standard InChI is InChI=1S/C18H30N2O4S2/c1-13-11-15(18(3,4)5)12-14(2)17(13)26(23,24)20-9-7-16(8-10-20)19-25(6,21)22/h11-12,16,19H,7-10H2,1-6H3. The van der Waals surface area contributed by atoms with E-state index < -0.39 is 20.0 Å². The van der Waals surface area contributed by atoms with Crippen molar-refractivity contribution in [2.24, 2.45) is 0 Å². The zero-order valence-electron chi connectivity index (χ0n) is 16.5. The monoisotopic (exact) mass is 402 g/mol. The van der Waals surface area contributed by atoms with Crippen molar-refractivity contribution < 1.29 is 16.8 Å². The van der Waals surface area contributed by atoms with E-state index >= 15 is 0 Å². The van der Waals surface area contributed by atoms with Crippen molar-refractivity contribution in [2.45, 2.75) is 63.8 Å². The molecule has 0 unspecified atom stereocenters. The zero-order valence-corrected chi connectivity index (χ0v) is 18.1. The summed E-state index contributed by atoms with van der Waals surface area (Å²) >= 11 is 0. The van der Waals surface area contributed by atoms with E-state index in [9.17, 15) is 16.8 Å². The second kappa shape index (κ2) is 7.22. The molecule has 6 nitrogen and oxygen atoms in total. The van der Waals surface area contributed by atoms with Crippen molar-refractivity contribution in [3.63, 3.8) is 0 Å². The van der Waals surface area contributed by atoms with Gasteiger partial charge in [0.1, 0.15) is 0 Å². The largest absolute Gasteiger partial charge is 0.243 e. The van der Waals surface area contributed by atoms with Crippen molar-refractivity contribution in [3.05, 3.63) is 28.8 Å². The molecule has 1 saturated heterocycles. The van der Waals surface area contributed by atoms with Crippen LogP contribution in [0.2, 0.25) is 0 Å². The van der Waals surface area contributed by atoms with E-state index in [2.05, 4.69) is 25.5 Å². The van der Waals surface area contributed by atoms with Crippen LogP contribution >= 0.6 is 0 Å². The molecule has 1 aromatic rings. The Morgan fingerprint density at radius 1 is 1.00 bits per heavy atom. The molecule has 0 amide bonds. The molecular formula is C18H30N2O4S2.